The molecule has 0 unspecified atom stereocenters. The highest BCUT2D eigenvalue weighted by Crippen LogP contribution is 2.18. The number of nitrogens with one attached hydrogen (secondary N) is 1. The third-order valence-electron chi connectivity index (χ3n) is 4.11. The van der Waals surface area contributed by atoms with Crippen LogP contribution in [0, 0.1) is 0 Å². The van der Waals surface area contributed by atoms with E-state index in [1.807, 2.05) is 25.2 Å². The van der Waals surface area contributed by atoms with Crippen molar-refractivity contribution in [1.82, 2.24) is 20.4 Å². The van der Waals surface area contributed by atoms with Gasteiger partial charge in [-0.25, -0.2) is 0 Å². The summed E-state index contributed by atoms with van der Waals surface area (Å²) < 4.78 is 10.7. The maximum atomic E-state index is 5.44. The normalized spacial score (nSPS) is 11.7. The summed E-state index contributed by atoms with van der Waals surface area (Å²) in [5, 5.41) is 7.34. The largest absolute Gasteiger partial charge is 0.496 e. The Hall–Kier alpha value is -2.57. The van der Waals surface area contributed by atoms with Gasteiger partial charge in [-0.05, 0) is 19.4 Å². The second-order valence-electron chi connectivity index (χ2n) is 6.71. The molecular formula is C20H31N5O2. The molecule has 1 N–H and O–H groups in total. The number of rotatable bonds is 9. The van der Waals surface area contributed by atoms with E-state index in [1.54, 1.807) is 7.11 Å². The summed E-state index contributed by atoms with van der Waals surface area (Å²) in [6, 6.07) is 8.04. The van der Waals surface area contributed by atoms with Gasteiger partial charge >= 0.3 is 0 Å². The number of aryl methyl sites for hydroxylation is 1. The Morgan fingerprint density at radius 1 is 1.33 bits per heavy atom. The molecule has 0 spiro atoms. The molecule has 1 heterocycles. The molecule has 1 aromatic carbocycles. The number of aromatic nitrogens is 2. The SMILES string of the molecule is CCNC(=NCCCc1nc(C(C)C)no1)N(C)Cc1ccccc1OC. The summed E-state index contributed by atoms with van der Waals surface area (Å²) in [5.74, 6) is 3.48. The molecule has 2 rings (SSSR count). The molecule has 7 heteroatoms. The topological polar surface area (TPSA) is 75.8 Å². The molecule has 0 amide bonds. The molecule has 27 heavy (non-hydrogen) atoms. The number of guanidine groups is 1. The Kier molecular flexibility index (Phi) is 8.10. The van der Waals surface area contributed by atoms with Crippen LogP contribution in [0.1, 0.15) is 50.4 Å². The Morgan fingerprint density at radius 2 is 2.11 bits per heavy atom. The van der Waals surface area contributed by atoms with Crippen molar-refractivity contribution in [3.05, 3.63) is 41.5 Å². The zero-order valence-corrected chi connectivity index (χ0v) is 17.0. The lowest BCUT2D eigenvalue weighted by molar-refractivity contribution is 0.369. The fourth-order valence-corrected chi connectivity index (χ4v) is 2.65. The van der Waals surface area contributed by atoms with E-state index in [0.717, 1.165) is 49.0 Å². The van der Waals surface area contributed by atoms with E-state index in [-0.39, 0.29) is 5.92 Å². The molecule has 0 saturated heterocycles. The first-order chi connectivity index (χ1) is 13.0. The van der Waals surface area contributed by atoms with E-state index in [0.29, 0.717) is 12.4 Å². The first-order valence-corrected chi connectivity index (χ1v) is 9.49. The van der Waals surface area contributed by atoms with Gasteiger partial charge in [-0.1, -0.05) is 37.2 Å². The van der Waals surface area contributed by atoms with E-state index >= 15 is 0 Å². The van der Waals surface area contributed by atoms with Crippen LogP contribution in [0.15, 0.2) is 33.8 Å². The van der Waals surface area contributed by atoms with Crippen LogP contribution >= 0.6 is 0 Å². The van der Waals surface area contributed by atoms with Crippen LogP contribution in [0.25, 0.3) is 0 Å². The van der Waals surface area contributed by atoms with Crippen molar-refractivity contribution in [2.75, 3.05) is 27.2 Å². The zero-order valence-electron chi connectivity index (χ0n) is 17.0. The van der Waals surface area contributed by atoms with Crippen LogP contribution in [0.3, 0.4) is 0 Å². The van der Waals surface area contributed by atoms with E-state index < -0.39 is 0 Å². The summed E-state index contributed by atoms with van der Waals surface area (Å²) in [6.07, 6.45) is 1.59. The molecular weight excluding hydrogens is 342 g/mol. The second kappa shape index (κ2) is 10.5. The number of benzene rings is 1. The average molecular weight is 374 g/mol. The molecule has 0 aliphatic rings. The summed E-state index contributed by atoms with van der Waals surface area (Å²) in [5.41, 5.74) is 1.13. The van der Waals surface area contributed by atoms with Gasteiger partial charge in [-0.3, -0.25) is 4.99 Å². The van der Waals surface area contributed by atoms with Gasteiger partial charge in [-0.2, -0.15) is 4.98 Å². The third-order valence-corrected chi connectivity index (χ3v) is 4.11. The first-order valence-electron chi connectivity index (χ1n) is 9.49. The van der Waals surface area contributed by atoms with Crippen molar-refractivity contribution in [3.63, 3.8) is 0 Å². The van der Waals surface area contributed by atoms with Crippen molar-refractivity contribution < 1.29 is 9.26 Å². The van der Waals surface area contributed by atoms with Crippen LogP contribution in [-0.4, -0.2) is 48.2 Å². The fraction of sp³-hybridized carbons (Fsp3) is 0.550. The molecule has 0 radical (unpaired) electrons. The lowest BCUT2D eigenvalue weighted by atomic mass is 10.2. The highest BCUT2D eigenvalue weighted by Gasteiger charge is 2.11. The van der Waals surface area contributed by atoms with E-state index in [9.17, 15) is 0 Å². The number of aliphatic imine (C=N–C) groups is 1. The summed E-state index contributed by atoms with van der Waals surface area (Å²) in [7, 11) is 3.72. The number of para-hydroxylation sites is 1. The summed E-state index contributed by atoms with van der Waals surface area (Å²) in [6.45, 7) is 8.41. The zero-order chi connectivity index (χ0) is 19.6. The molecule has 2 aromatic rings. The van der Waals surface area contributed by atoms with Crippen molar-refractivity contribution in [3.8, 4) is 5.75 Å². The standard InChI is InChI=1S/C20H31N5O2/c1-6-21-20(25(4)14-16-10-7-8-11-17(16)26-5)22-13-9-12-18-23-19(15(2)3)24-27-18/h7-8,10-11,15H,6,9,12-14H2,1-5H3,(H,21,22). The Labute approximate surface area is 161 Å². The number of hydrogen-bond acceptors (Lipinski definition) is 5. The highest BCUT2D eigenvalue weighted by molar-refractivity contribution is 5.79. The lowest BCUT2D eigenvalue weighted by Gasteiger charge is -2.23. The van der Waals surface area contributed by atoms with Gasteiger partial charge < -0.3 is 19.5 Å². The van der Waals surface area contributed by atoms with E-state index in [1.165, 1.54) is 0 Å². The first kappa shape index (κ1) is 20.7. The van der Waals surface area contributed by atoms with Crippen LogP contribution in [0.2, 0.25) is 0 Å². The number of ether oxygens (including phenoxy) is 1. The van der Waals surface area contributed by atoms with E-state index in [4.69, 9.17) is 14.3 Å². The minimum Gasteiger partial charge on any atom is -0.496 e. The van der Waals surface area contributed by atoms with Gasteiger partial charge in [0.25, 0.3) is 0 Å². The molecule has 0 aliphatic heterocycles. The quantitative estimate of drug-likeness (QED) is 0.413. The average Bonchev–Trinajstić information content (AvgIpc) is 3.14. The fourth-order valence-electron chi connectivity index (χ4n) is 2.65. The predicted octanol–water partition coefficient (Wildman–Crippen LogP) is 3.23. The smallest absolute Gasteiger partial charge is 0.226 e. The Morgan fingerprint density at radius 3 is 2.78 bits per heavy atom. The van der Waals surface area contributed by atoms with Gasteiger partial charge in [0.2, 0.25) is 5.89 Å². The summed E-state index contributed by atoms with van der Waals surface area (Å²) in [4.78, 5) is 11.2. The minimum atomic E-state index is 0.282. The van der Waals surface area contributed by atoms with Gasteiger partial charge in [0.1, 0.15) is 5.75 Å². The lowest BCUT2D eigenvalue weighted by Crippen LogP contribution is -2.38. The molecule has 148 valence electrons. The van der Waals surface area contributed by atoms with Crippen LogP contribution in [0.4, 0.5) is 0 Å². The Bertz CT molecular complexity index is 727. The summed E-state index contributed by atoms with van der Waals surface area (Å²) >= 11 is 0. The predicted molar refractivity (Wildman–Crippen MR) is 107 cm³/mol. The van der Waals surface area contributed by atoms with Gasteiger partial charge in [-0.15, -0.1) is 0 Å². The van der Waals surface area contributed by atoms with Crippen molar-refractivity contribution >= 4 is 5.96 Å². The Balaban J connectivity index is 1.92. The van der Waals surface area contributed by atoms with Gasteiger partial charge in [0.15, 0.2) is 11.8 Å². The van der Waals surface area contributed by atoms with Gasteiger partial charge in [0, 0.05) is 44.6 Å². The van der Waals surface area contributed by atoms with Gasteiger partial charge in [0.05, 0.1) is 7.11 Å². The maximum absolute atomic E-state index is 5.44. The molecule has 1 aromatic heterocycles. The molecule has 0 atom stereocenters. The number of nitrogens with zero attached hydrogens (tertiary/aromatic N) is 4. The molecule has 7 nitrogen and oxygen atoms in total. The molecule has 0 aliphatic carbocycles. The monoisotopic (exact) mass is 373 g/mol. The van der Waals surface area contributed by atoms with Crippen molar-refractivity contribution in [2.24, 2.45) is 4.99 Å². The minimum absolute atomic E-state index is 0.282. The van der Waals surface area contributed by atoms with Crippen LogP contribution in [-0.2, 0) is 13.0 Å². The van der Waals surface area contributed by atoms with E-state index in [2.05, 4.69) is 47.2 Å². The molecule has 0 fully saturated rings. The van der Waals surface area contributed by atoms with Crippen molar-refractivity contribution in [2.45, 2.75) is 46.1 Å². The molecule has 0 saturated carbocycles. The molecule has 0 bridgehead atoms. The number of methoxy groups -OCH3 is 1. The second-order valence-corrected chi connectivity index (χ2v) is 6.71. The van der Waals surface area contributed by atoms with Crippen molar-refractivity contribution in [1.29, 1.82) is 0 Å². The maximum Gasteiger partial charge on any atom is 0.226 e. The highest BCUT2D eigenvalue weighted by atomic mass is 16.5. The van der Waals surface area contributed by atoms with Crippen LogP contribution < -0.4 is 10.1 Å². The number of hydrogen-bond donors (Lipinski definition) is 1. The van der Waals surface area contributed by atoms with Crippen LogP contribution in [0.5, 0.6) is 5.75 Å². The third kappa shape index (κ3) is 6.27.